The fourth-order valence-electron chi connectivity index (χ4n) is 3.81. The number of ketones is 1. The molecule has 2 N–H and O–H groups in total. The number of carbonyl (C=O) groups is 1. The summed E-state index contributed by atoms with van der Waals surface area (Å²) in [6.45, 7) is 4.17. The summed E-state index contributed by atoms with van der Waals surface area (Å²) < 4.78 is 11.1. The van der Waals surface area contributed by atoms with Crippen molar-refractivity contribution in [2.75, 3.05) is 27.3 Å². The maximum absolute atomic E-state index is 12.5. The Morgan fingerprint density at radius 1 is 1.30 bits per heavy atom. The lowest BCUT2D eigenvalue weighted by molar-refractivity contribution is -0.638. The highest BCUT2D eigenvalue weighted by Gasteiger charge is 2.42. The number of fused-ring (bicyclic) bond motifs is 3. The highest BCUT2D eigenvalue weighted by atomic mass is 16.5. The minimum absolute atomic E-state index is 0.228. The average Bonchev–Trinajstić information content (AvgIpc) is 2.93. The molecule has 0 aromatic heterocycles. The van der Waals surface area contributed by atoms with Gasteiger partial charge in [0.2, 0.25) is 0 Å². The number of quaternary nitrogens is 1. The second kappa shape index (κ2) is 5.09. The molecule has 1 aliphatic heterocycles. The molecule has 1 aliphatic carbocycles. The number of ether oxygens (including phenoxy) is 2. The average molecular weight is 276 g/mol. The van der Waals surface area contributed by atoms with E-state index in [0.29, 0.717) is 18.3 Å². The van der Waals surface area contributed by atoms with E-state index < -0.39 is 0 Å². The van der Waals surface area contributed by atoms with E-state index in [1.165, 1.54) is 0 Å². The summed E-state index contributed by atoms with van der Waals surface area (Å²) in [5.74, 6) is 2.74. The SMILES string of the molecule is CCc1c(OC)cc2c(c1OC)C(=O)CC1C[NH2+]CC21. The van der Waals surface area contributed by atoms with Crippen LogP contribution >= 0.6 is 0 Å². The Hall–Kier alpha value is -1.55. The maximum Gasteiger partial charge on any atom is 0.167 e. The Morgan fingerprint density at radius 2 is 2.10 bits per heavy atom. The molecule has 0 saturated carbocycles. The molecule has 3 rings (SSSR count). The van der Waals surface area contributed by atoms with E-state index in [1.807, 2.05) is 0 Å². The summed E-state index contributed by atoms with van der Waals surface area (Å²) >= 11 is 0. The highest BCUT2D eigenvalue weighted by molar-refractivity contribution is 6.02. The Morgan fingerprint density at radius 3 is 2.75 bits per heavy atom. The number of methoxy groups -OCH3 is 2. The van der Waals surface area contributed by atoms with Gasteiger partial charge < -0.3 is 14.8 Å². The van der Waals surface area contributed by atoms with Crippen LogP contribution in [-0.2, 0) is 6.42 Å². The van der Waals surface area contributed by atoms with E-state index in [-0.39, 0.29) is 5.78 Å². The monoisotopic (exact) mass is 276 g/mol. The molecule has 0 amide bonds. The van der Waals surface area contributed by atoms with Crippen LogP contribution in [-0.4, -0.2) is 33.1 Å². The number of Topliss-reactive ketones (excluding diaryl/α,β-unsaturated/α-hetero) is 1. The molecule has 0 spiro atoms. The first kappa shape index (κ1) is 13.4. The summed E-state index contributed by atoms with van der Waals surface area (Å²) in [6, 6.07) is 2.07. The van der Waals surface area contributed by atoms with Crippen LogP contribution in [0.1, 0.15) is 40.7 Å². The second-order valence-electron chi connectivity index (χ2n) is 5.66. The topological polar surface area (TPSA) is 52.1 Å². The number of nitrogens with two attached hydrogens (primary N) is 1. The van der Waals surface area contributed by atoms with Crippen molar-refractivity contribution < 1.29 is 19.6 Å². The number of rotatable bonds is 3. The number of hydrogen-bond acceptors (Lipinski definition) is 3. The number of hydrogen-bond donors (Lipinski definition) is 1. The molecular formula is C16H22NO3+. The summed E-state index contributed by atoms with van der Waals surface area (Å²) in [7, 11) is 3.33. The van der Waals surface area contributed by atoms with E-state index in [4.69, 9.17) is 9.47 Å². The number of benzene rings is 1. The fraction of sp³-hybridized carbons (Fsp3) is 0.562. The van der Waals surface area contributed by atoms with Crippen LogP contribution in [0.4, 0.5) is 0 Å². The largest absolute Gasteiger partial charge is 0.496 e. The van der Waals surface area contributed by atoms with Crippen LogP contribution in [0.25, 0.3) is 0 Å². The van der Waals surface area contributed by atoms with Crippen molar-refractivity contribution in [1.82, 2.24) is 0 Å². The van der Waals surface area contributed by atoms with Gasteiger partial charge >= 0.3 is 0 Å². The van der Waals surface area contributed by atoms with Crippen molar-refractivity contribution in [3.8, 4) is 11.5 Å². The Labute approximate surface area is 119 Å². The van der Waals surface area contributed by atoms with Crippen LogP contribution in [0.15, 0.2) is 6.07 Å². The molecule has 1 heterocycles. The summed E-state index contributed by atoms with van der Waals surface area (Å²) in [4.78, 5) is 12.5. The molecule has 2 aliphatic rings. The molecule has 1 aromatic carbocycles. The molecule has 108 valence electrons. The molecule has 2 atom stereocenters. The van der Waals surface area contributed by atoms with Crippen LogP contribution in [0.2, 0.25) is 0 Å². The van der Waals surface area contributed by atoms with Gasteiger partial charge in [-0.1, -0.05) is 6.92 Å². The normalized spacial score (nSPS) is 24.2. The Bertz CT molecular complexity index is 553. The van der Waals surface area contributed by atoms with Gasteiger partial charge in [-0.2, -0.15) is 0 Å². The van der Waals surface area contributed by atoms with Crippen molar-refractivity contribution in [2.45, 2.75) is 25.7 Å². The lowest BCUT2D eigenvalue weighted by Gasteiger charge is -2.28. The predicted molar refractivity (Wildman–Crippen MR) is 75.8 cm³/mol. The maximum atomic E-state index is 12.5. The minimum Gasteiger partial charge on any atom is -0.496 e. The van der Waals surface area contributed by atoms with E-state index in [1.54, 1.807) is 14.2 Å². The summed E-state index contributed by atoms with van der Waals surface area (Å²) in [5.41, 5.74) is 2.94. The van der Waals surface area contributed by atoms with Crippen molar-refractivity contribution in [3.05, 3.63) is 22.8 Å². The molecular weight excluding hydrogens is 254 g/mol. The third kappa shape index (κ3) is 1.82. The third-order valence-corrected chi connectivity index (χ3v) is 4.74. The van der Waals surface area contributed by atoms with Crippen molar-refractivity contribution in [2.24, 2.45) is 5.92 Å². The summed E-state index contributed by atoms with van der Waals surface area (Å²) in [6.07, 6.45) is 1.45. The van der Waals surface area contributed by atoms with Gasteiger partial charge in [-0.25, -0.2) is 0 Å². The van der Waals surface area contributed by atoms with Gasteiger partial charge in [-0.15, -0.1) is 0 Å². The zero-order valence-electron chi connectivity index (χ0n) is 12.4. The second-order valence-corrected chi connectivity index (χ2v) is 5.66. The fourth-order valence-corrected chi connectivity index (χ4v) is 3.81. The van der Waals surface area contributed by atoms with Gasteiger partial charge in [0.05, 0.1) is 32.9 Å². The van der Waals surface area contributed by atoms with Crippen LogP contribution in [0.3, 0.4) is 0 Å². The quantitative estimate of drug-likeness (QED) is 0.900. The van der Waals surface area contributed by atoms with Crippen LogP contribution in [0.5, 0.6) is 11.5 Å². The molecule has 20 heavy (non-hydrogen) atoms. The van der Waals surface area contributed by atoms with E-state index in [0.717, 1.165) is 47.7 Å². The third-order valence-electron chi connectivity index (χ3n) is 4.74. The standard InChI is InChI=1S/C16H21NO3/c1-4-10-14(19-2)6-11-12-8-17-7-9(12)5-13(18)15(11)16(10)20-3/h6,9,12,17H,4-5,7-8H2,1-3H3/p+1. The zero-order chi connectivity index (χ0) is 14.3. The smallest absolute Gasteiger partial charge is 0.167 e. The molecule has 1 fully saturated rings. The molecule has 2 unspecified atom stereocenters. The molecule has 4 nitrogen and oxygen atoms in total. The lowest BCUT2D eigenvalue weighted by Crippen LogP contribution is -2.81. The molecule has 4 heteroatoms. The van der Waals surface area contributed by atoms with Gasteiger partial charge in [-0.05, 0) is 18.1 Å². The van der Waals surface area contributed by atoms with E-state index in [2.05, 4.69) is 18.3 Å². The highest BCUT2D eigenvalue weighted by Crippen LogP contribution is 2.45. The van der Waals surface area contributed by atoms with Crippen LogP contribution in [0, 0.1) is 5.92 Å². The lowest BCUT2D eigenvalue weighted by atomic mass is 9.75. The predicted octanol–water partition coefficient (Wildman–Crippen LogP) is 1.13. The molecule has 1 saturated heterocycles. The van der Waals surface area contributed by atoms with Crippen molar-refractivity contribution >= 4 is 5.78 Å². The van der Waals surface area contributed by atoms with Crippen LogP contribution < -0.4 is 14.8 Å². The van der Waals surface area contributed by atoms with Crippen molar-refractivity contribution in [1.29, 1.82) is 0 Å². The molecule has 0 radical (unpaired) electrons. The van der Waals surface area contributed by atoms with Gasteiger partial charge in [0, 0.05) is 23.8 Å². The Kier molecular flexibility index (Phi) is 3.42. The first-order valence-corrected chi connectivity index (χ1v) is 7.33. The van der Waals surface area contributed by atoms with Gasteiger partial charge in [-0.3, -0.25) is 4.79 Å². The van der Waals surface area contributed by atoms with E-state index in [9.17, 15) is 4.79 Å². The Balaban J connectivity index is 2.24. The molecule has 0 bridgehead atoms. The van der Waals surface area contributed by atoms with Gasteiger partial charge in [0.1, 0.15) is 11.5 Å². The molecule has 1 aromatic rings. The van der Waals surface area contributed by atoms with Gasteiger partial charge in [0.15, 0.2) is 5.78 Å². The minimum atomic E-state index is 0.228. The van der Waals surface area contributed by atoms with Crippen molar-refractivity contribution in [3.63, 3.8) is 0 Å². The first-order valence-electron chi connectivity index (χ1n) is 7.33. The number of carbonyl (C=O) groups excluding carboxylic acids is 1. The zero-order valence-corrected chi connectivity index (χ0v) is 12.4. The first-order chi connectivity index (χ1) is 9.71. The van der Waals surface area contributed by atoms with Gasteiger partial charge in [0.25, 0.3) is 0 Å². The summed E-state index contributed by atoms with van der Waals surface area (Å²) in [5, 5.41) is 2.31. The van der Waals surface area contributed by atoms with E-state index >= 15 is 0 Å².